The van der Waals surface area contributed by atoms with Gasteiger partial charge < -0.3 is 10.4 Å². The number of aromatic nitrogens is 2. The van der Waals surface area contributed by atoms with E-state index >= 15 is 0 Å². The molecule has 0 saturated carbocycles. The first-order valence-corrected chi connectivity index (χ1v) is 6.22. The van der Waals surface area contributed by atoms with Gasteiger partial charge in [0.1, 0.15) is 10.9 Å². The molecule has 0 bridgehead atoms. The maximum Gasteiger partial charge on any atom is 0.326 e. The predicted molar refractivity (Wildman–Crippen MR) is 63.1 cm³/mol. The highest BCUT2D eigenvalue weighted by Crippen LogP contribution is 2.12. The molecule has 0 spiro atoms. The Hall–Kier alpha value is -1.50. The zero-order chi connectivity index (χ0) is 12.8. The molecule has 0 aliphatic rings. The Morgan fingerprint density at radius 1 is 1.47 bits per heavy atom. The third kappa shape index (κ3) is 3.48. The molecule has 0 fully saturated rings. The van der Waals surface area contributed by atoms with E-state index in [9.17, 15) is 9.59 Å². The molecule has 1 aromatic rings. The minimum atomic E-state index is -1.03. The van der Waals surface area contributed by atoms with Gasteiger partial charge in [-0.05, 0) is 24.4 Å². The number of aryl methyl sites for hydroxylation is 1. The maximum absolute atomic E-state index is 11.8. The van der Waals surface area contributed by atoms with E-state index in [1.165, 1.54) is 0 Å². The fourth-order valence-electron chi connectivity index (χ4n) is 1.34. The van der Waals surface area contributed by atoms with Gasteiger partial charge >= 0.3 is 5.97 Å². The van der Waals surface area contributed by atoms with Gasteiger partial charge in [0.15, 0.2) is 0 Å². The minimum Gasteiger partial charge on any atom is -0.480 e. The standard InChI is InChI=1S/C10H15N3O3S/c1-3-5-7-8(17-13-12-7)9(14)11-6(4-2)10(15)16/h6H,3-5H2,1-2H3,(H,11,14)(H,15,16)/t6-/m1/s1. The molecule has 0 aliphatic carbocycles. The largest absolute Gasteiger partial charge is 0.480 e. The maximum atomic E-state index is 11.8. The van der Waals surface area contributed by atoms with Crippen molar-refractivity contribution in [2.75, 3.05) is 0 Å². The summed E-state index contributed by atoms with van der Waals surface area (Å²) in [7, 11) is 0. The van der Waals surface area contributed by atoms with Gasteiger partial charge in [-0.15, -0.1) is 5.10 Å². The second-order valence-electron chi connectivity index (χ2n) is 3.57. The van der Waals surface area contributed by atoms with E-state index in [-0.39, 0.29) is 0 Å². The van der Waals surface area contributed by atoms with Gasteiger partial charge in [0, 0.05) is 0 Å². The molecule has 1 rings (SSSR count). The van der Waals surface area contributed by atoms with Crippen molar-refractivity contribution < 1.29 is 14.7 Å². The Kier molecular flexibility index (Phi) is 5.02. The van der Waals surface area contributed by atoms with Gasteiger partial charge in [-0.25, -0.2) is 4.79 Å². The lowest BCUT2D eigenvalue weighted by Gasteiger charge is -2.11. The van der Waals surface area contributed by atoms with Crippen LogP contribution >= 0.6 is 11.5 Å². The average molecular weight is 257 g/mol. The van der Waals surface area contributed by atoms with Crippen molar-refractivity contribution in [3.63, 3.8) is 0 Å². The van der Waals surface area contributed by atoms with Crippen molar-refractivity contribution in [2.24, 2.45) is 0 Å². The highest BCUT2D eigenvalue weighted by molar-refractivity contribution is 7.08. The van der Waals surface area contributed by atoms with Crippen LogP contribution < -0.4 is 5.32 Å². The van der Waals surface area contributed by atoms with E-state index in [0.29, 0.717) is 23.4 Å². The van der Waals surface area contributed by atoms with E-state index in [1.54, 1.807) is 6.92 Å². The first-order valence-electron chi connectivity index (χ1n) is 5.45. The second kappa shape index (κ2) is 6.29. The van der Waals surface area contributed by atoms with Gasteiger partial charge in [-0.3, -0.25) is 4.79 Å². The van der Waals surface area contributed by atoms with Crippen LogP contribution in [0.3, 0.4) is 0 Å². The molecule has 6 nitrogen and oxygen atoms in total. The van der Waals surface area contributed by atoms with E-state index in [1.807, 2.05) is 6.92 Å². The average Bonchev–Trinajstić information content (AvgIpc) is 2.74. The fraction of sp³-hybridized carbons (Fsp3) is 0.600. The van der Waals surface area contributed by atoms with Crippen LogP contribution in [0.4, 0.5) is 0 Å². The zero-order valence-electron chi connectivity index (χ0n) is 9.77. The molecule has 1 aromatic heterocycles. The Bertz CT molecular complexity index is 405. The molecule has 0 unspecified atom stereocenters. The molecule has 1 atom stereocenters. The minimum absolute atomic E-state index is 0.344. The summed E-state index contributed by atoms with van der Waals surface area (Å²) in [6.45, 7) is 3.68. The molecule has 1 amide bonds. The Morgan fingerprint density at radius 3 is 2.71 bits per heavy atom. The van der Waals surface area contributed by atoms with Crippen molar-refractivity contribution in [1.29, 1.82) is 0 Å². The fourth-order valence-corrected chi connectivity index (χ4v) is 1.95. The molecule has 7 heteroatoms. The van der Waals surface area contributed by atoms with Gasteiger partial charge in [-0.1, -0.05) is 24.8 Å². The van der Waals surface area contributed by atoms with Crippen LogP contribution in [0.25, 0.3) is 0 Å². The van der Waals surface area contributed by atoms with Crippen molar-refractivity contribution in [2.45, 2.75) is 39.2 Å². The Labute approximate surface area is 103 Å². The third-order valence-electron chi connectivity index (χ3n) is 2.26. The number of carboxylic acids is 1. The number of carbonyl (C=O) groups is 2. The summed E-state index contributed by atoms with van der Waals surface area (Å²) in [5.74, 6) is -1.44. The number of aliphatic carboxylic acids is 1. The van der Waals surface area contributed by atoms with E-state index in [0.717, 1.165) is 18.0 Å². The summed E-state index contributed by atoms with van der Waals surface area (Å²) in [6.07, 6.45) is 1.88. The van der Waals surface area contributed by atoms with Crippen molar-refractivity contribution in [3.8, 4) is 0 Å². The molecule has 0 saturated heterocycles. The van der Waals surface area contributed by atoms with Crippen molar-refractivity contribution in [3.05, 3.63) is 10.6 Å². The molecule has 17 heavy (non-hydrogen) atoms. The van der Waals surface area contributed by atoms with Crippen LogP contribution in [0, 0.1) is 0 Å². The van der Waals surface area contributed by atoms with E-state index in [4.69, 9.17) is 5.11 Å². The quantitative estimate of drug-likeness (QED) is 0.795. The van der Waals surface area contributed by atoms with E-state index in [2.05, 4.69) is 14.9 Å². The molecule has 2 N–H and O–H groups in total. The SMILES string of the molecule is CCCc1nnsc1C(=O)N[C@H](CC)C(=O)O. The Balaban J connectivity index is 2.75. The number of hydrogen-bond donors (Lipinski definition) is 2. The molecule has 0 aromatic carbocycles. The number of amides is 1. The predicted octanol–water partition coefficient (Wildman–Crippen LogP) is 1.08. The summed E-state index contributed by atoms with van der Waals surface area (Å²) < 4.78 is 3.72. The highest BCUT2D eigenvalue weighted by atomic mass is 32.1. The van der Waals surface area contributed by atoms with Gasteiger partial charge in [0.25, 0.3) is 5.91 Å². The molecule has 1 heterocycles. The van der Waals surface area contributed by atoms with Crippen LogP contribution in [0.2, 0.25) is 0 Å². The van der Waals surface area contributed by atoms with Crippen LogP contribution in [-0.4, -0.2) is 32.6 Å². The molecular formula is C10H15N3O3S. The number of carboxylic acid groups (broad SMARTS) is 1. The number of hydrogen-bond acceptors (Lipinski definition) is 5. The van der Waals surface area contributed by atoms with Crippen LogP contribution in [-0.2, 0) is 11.2 Å². The lowest BCUT2D eigenvalue weighted by Crippen LogP contribution is -2.40. The molecule has 0 radical (unpaired) electrons. The highest BCUT2D eigenvalue weighted by Gasteiger charge is 2.22. The number of carbonyl (C=O) groups excluding carboxylic acids is 1. The van der Waals surface area contributed by atoms with Crippen LogP contribution in [0.15, 0.2) is 0 Å². The number of nitrogens with one attached hydrogen (secondary N) is 1. The summed E-state index contributed by atoms with van der Waals surface area (Å²) >= 11 is 0.996. The smallest absolute Gasteiger partial charge is 0.326 e. The third-order valence-corrected chi connectivity index (χ3v) is 3.03. The lowest BCUT2D eigenvalue weighted by atomic mass is 10.2. The molecule has 0 aliphatic heterocycles. The van der Waals surface area contributed by atoms with Crippen molar-refractivity contribution in [1.82, 2.24) is 14.9 Å². The van der Waals surface area contributed by atoms with Gasteiger partial charge in [-0.2, -0.15) is 0 Å². The number of rotatable bonds is 6. The number of nitrogens with zero attached hydrogens (tertiary/aromatic N) is 2. The lowest BCUT2D eigenvalue weighted by molar-refractivity contribution is -0.139. The molecule has 94 valence electrons. The monoisotopic (exact) mass is 257 g/mol. The van der Waals surface area contributed by atoms with Crippen molar-refractivity contribution >= 4 is 23.4 Å². The topological polar surface area (TPSA) is 92.2 Å². The second-order valence-corrected chi connectivity index (χ2v) is 4.33. The summed E-state index contributed by atoms with van der Waals surface area (Å²) in [4.78, 5) is 23.0. The van der Waals surface area contributed by atoms with Crippen LogP contribution in [0.5, 0.6) is 0 Å². The first kappa shape index (κ1) is 13.6. The first-order chi connectivity index (χ1) is 8.10. The Morgan fingerprint density at radius 2 is 2.18 bits per heavy atom. The summed E-state index contributed by atoms with van der Waals surface area (Å²) in [5, 5.41) is 15.2. The summed E-state index contributed by atoms with van der Waals surface area (Å²) in [6, 6.07) is -0.862. The van der Waals surface area contributed by atoms with E-state index < -0.39 is 17.9 Å². The van der Waals surface area contributed by atoms with Crippen LogP contribution in [0.1, 0.15) is 42.1 Å². The zero-order valence-corrected chi connectivity index (χ0v) is 10.6. The summed E-state index contributed by atoms with van der Waals surface area (Å²) in [5.41, 5.74) is 0.634. The normalized spacial score (nSPS) is 12.1. The van der Waals surface area contributed by atoms with Gasteiger partial charge in [0.05, 0.1) is 5.69 Å². The molecular weight excluding hydrogens is 242 g/mol. The van der Waals surface area contributed by atoms with Gasteiger partial charge in [0.2, 0.25) is 0 Å².